The van der Waals surface area contributed by atoms with Gasteiger partial charge in [0, 0.05) is 5.56 Å². The van der Waals surface area contributed by atoms with Crippen LogP contribution in [0, 0.1) is 6.92 Å². The summed E-state index contributed by atoms with van der Waals surface area (Å²) in [6.45, 7) is 1.83. The number of phenolic OH excluding ortho intramolecular Hbond substituents is 1. The van der Waals surface area contributed by atoms with Gasteiger partial charge in [0.25, 0.3) is 5.91 Å². The van der Waals surface area contributed by atoms with E-state index in [1.165, 1.54) is 18.2 Å². The predicted octanol–water partition coefficient (Wildman–Crippen LogP) is 4.81. The number of carbonyl (C=O) groups is 2. The first-order chi connectivity index (χ1) is 13.5. The Morgan fingerprint density at radius 1 is 0.964 bits per heavy atom. The van der Waals surface area contributed by atoms with Crippen LogP contribution in [0.5, 0.6) is 5.75 Å². The molecule has 3 aromatic rings. The van der Waals surface area contributed by atoms with Crippen molar-refractivity contribution in [1.82, 2.24) is 0 Å². The highest BCUT2D eigenvalue weighted by Crippen LogP contribution is 2.19. The van der Waals surface area contributed by atoms with Gasteiger partial charge in [0.05, 0.1) is 16.9 Å². The third kappa shape index (κ3) is 4.79. The van der Waals surface area contributed by atoms with Gasteiger partial charge in [0.15, 0.2) is 0 Å². The van der Waals surface area contributed by atoms with E-state index in [2.05, 4.69) is 15.7 Å². The van der Waals surface area contributed by atoms with E-state index in [4.69, 9.17) is 4.84 Å². The Balaban J connectivity index is 1.58. The molecular formula is C21H17N3O4. The van der Waals surface area contributed by atoms with Gasteiger partial charge >= 0.3 is 5.97 Å². The molecule has 0 radical (unpaired) electrons. The van der Waals surface area contributed by atoms with Crippen LogP contribution >= 0.6 is 0 Å². The molecule has 0 unspecified atom stereocenters. The van der Waals surface area contributed by atoms with E-state index in [1.54, 1.807) is 42.5 Å². The number of nitrogens with one attached hydrogen (secondary N) is 1. The molecule has 28 heavy (non-hydrogen) atoms. The maximum atomic E-state index is 12.1. The first-order valence-electron chi connectivity index (χ1n) is 8.41. The van der Waals surface area contributed by atoms with Gasteiger partial charge in [-0.3, -0.25) is 4.79 Å². The van der Waals surface area contributed by atoms with Crippen LogP contribution in [0.15, 0.2) is 83.0 Å². The first kappa shape index (κ1) is 18.8. The molecule has 0 heterocycles. The number of carbonyl (C=O) groups excluding carboxylic acids is 2. The molecule has 1 amide bonds. The Morgan fingerprint density at radius 3 is 2.43 bits per heavy atom. The topological polar surface area (TPSA) is 100 Å². The number of phenols is 1. The van der Waals surface area contributed by atoms with E-state index < -0.39 is 11.9 Å². The number of hydrogen-bond donors (Lipinski definition) is 2. The van der Waals surface area contributed by atoms with E-state index in [0.29, 0.717) is 16.9 Å². The van der Waals surface area contributed by atoms with Crippen molar-refractivity contribution in [2.75, 3.05) is 5.48 Å². The third-order valence-electron chi connectivity index (χ3n) is 3.84. The molecule has 0 aliphatic heterocycles. The summed E-state index contributed by atoms with van der Waals surface area (Å²) >= 11 is 0. The molecule has 140 valence electrons. The Bertz CT molecular complexity index is 1030. The zero-order chi connectivity index (χ0) is 19.9. The van der Waals surface area contributed by atoms with Gasteiger partial charge in [-0.15, -0.1) is 10.2 Å². The molecule has 7 heteroatoms. The molecule has 7 nitrogen and oxygen atoms in total. The number of amides is 1. The van der Waals surface area contributed by atoms with Gasteiger partial charge in [0.1, 0.15) is 5.75 Å². The minimum absolute atomic E-state index is 0.0169. The van der Waals surface area contributed by atoms with E-state index in [-0.39, 0.29) is 11.3 Å². The van der Waals surface area contributed by atoms with E-state index in [1.807, 2.05) is 19.1 Å². The van der Waals surface area contributed by atoms with Crippen molar-refractivity contribution in [2.24, 2.45) is 10.2 Å². The molecule has 3 rings (SSSR count). The fourth-order valence-corrected chi connectivity index (χ4v) is 2.36. The van der Waals surface area contributed by atoms with E-state index in [0.717, 1.165) is 5.56 Å². The average Bonchev–Trinajstić information content (AvgIpc) is 2.71. The Morgan fingerprint density at radius 2 is 1.71 bits per heavy atom. The van der Waals surface area contributed by atoms with Gasteiger partial charge in [-0.25, -0.2) is 10.3 Å². The second-order valence-corrected chi connectivity index (χ2v) is 5.91. The lowest BCUT2D eigenvalue weighted by Crippen LogP contribution is -2.11. The molecule has 0 bridgehead atoms. The number of rotatable bonds is 5. The van der Waals surface area contributed by atoms with Crippen LogP contribution in [0.25, 0.3) is 0 Å². The third-order valence-corrected chi connectivity index (χ3v) is 3.84. The summed E-state index contributed by atoms with van der Waals surface area (Å²) in [4.78, 5) is 29.1. The number of aromatic hydroxyl groups is 1. The average molecular weight is 375 g/mol. The molecule has 0 atom stereocenters. The largest absolute Gasteiger partial charge is 0.508 e. The molecule has 0 aliphatic rings. The fraction of sp³-hybridized carbons (Fsp3) is 0.0476. The van der Waals surface area contributed by atoms with E-state index >= 15 is 0 Å². The molecule has 0 spiro atoms. The summed E-state index contributed by atoms with van der Waals surface area (Å²) in [6, 6.07) is 19.5. The quantitative estimate of drug-likeness (QED) is 0.492. The highest BCUT2D eigenvalue weighted by molar-refractivity contribution is 5.95. The van der Waals surface area contributed by atoms with Crippen LogP contribution in [0.2, 0.25) is 0 Å². The number of hydrogen-bond acceptors (Lipinski definition) is 6. The lowest BCUT2D eigenvalue weighted by molar-refractivity contribution is 0.0595. The molecule has 0 aliphatic carbocycles. The normalized spacial score (nSPS) is 10.6. The number of benzene rings is 3. The zero-order valence-corrected chi connectivity index (χ0v) is 15.0. The Hall–Kier alpha value is -4.00. The molecule has 0 fully saturated rings. The van der Waals surface area contributed by atoms with Gasteiger partial charge in [-0.2, -0.15) is 0 Å². The van der Waals surface area contributed by atoms with E-state index in [9.17, 15) is 14.7 Å². The van der Waals surface area contributed by atoms with Gasteiger partial charge < -0.3 is 9.94 Å². The van der Waals surface area contributed by atoms with Crippen molar-refractivity contribution in [3.8, 4) is 5.75 Å². The molecular weight excluding hydrogens is 358 g/mol. The van der Waals surface area contributed by atoms with Crippen molar-refractivity contribution in [3.63, 3.8) is 0 Å². The van der Waals surface area contributed by atoms with Crippen molar-refractivity contribution in [2.45, 2.75) is 6.92 Å². The maximum Gasteiger partial charge on any atom is 0.363 e. The number of azo groups is 1. The summed E-state index contributed by atoms with van der Waals surface area (Å²) in [5.74, 6) is -1.07. The highest BCUT2D eigenvalue weighted by atomic mass is 16.7. The van der Waals surface area contributed by atoms with Crippen molar-refractivity contribution in [3.05, 3.63) is 89.5 Å². The Labute approximate surface area is 161 Å². The van der Waals surface area contributed by atoms with Gasteiger partial charge in [0.2, 0.25) is 0 Å². The Kier molecular flexibility index (Phi) is 5.76. The predicted molar refractivity (Wildman–Crippen MR) is 104 cm³/mol. The summed E-state index contributed by atoms with van der Waals surface area (Å²) in [5.41, 5.74) is 5.11. The summed E-state index contributed by atoms with van der Waals surface area (Å²) in [7, 11) is 0. The lowest BCUT2D eigenvalue weighted by atomic mass is 10.1. The molecule has 0 aromatic heterocycles. The van der Waals surface area contributed by atoms with Crippen LogP contribution in [0.1, 0.15) is 26.3 Å². The van der Waals surface area contributed by atoms with Crippen LogP contribution in [-0.2, 0) is 4.84 Å². The van der Waals surface area contributed by atoms with Gasteiger partial charge in [-0.1, -0.05) is 24.3 Å². The van der Waals surface area contributed by atoms with Crippen LogP contribution in [0.4, 0.5) is 11.4 Å². The van der Waals surface area contributed by atoms with Crippen molar-refractivity contribution >= 4 is 23.3 Å². The number of aryl methyl sites for hydroxylation is 1. The SMILES string of the molecule is Cc1ccccc1C(=O)ONc1ccc(N=NC(=O)c2cccc(O)c2)cc1. The standard InChI is InChI=1S/C21H17N3O4/c1-14-5-2-3-8-19(14)21(27)28-24-17-11-9-16(10-12-17)22-23-20(26)15-6-4-7-18(25)13-15/h2-13,24-25H,1H3. The van der Waals surface area contributed by atoms with Crippen LogP contribution in [0.3, 0.4) is 0 Å². The molecule has 3 aromatic carbocycles. The summed E-state index contributed by atoms with van der Waals surface area (Å²) in [6.07, 6.45) is 0. The second kappa shape index (κ2) is 8.59. The van der Waals surface area contributed by atoms with Crippen LogP contribution < -0.4 is 5.48 Å². The monoisotopic (exact) mass is 375 g/mol. The van der Waals surface area contributed by atoms with Crippen molar-refractivity contribution in [1.29, 1.82) is 0 Å². The van der Waals surface area contributed by atoms with Gasteiger partial charge in [-0.05, 0) is 61.0 Å². The van der Waals surface area contributed by atoms with Crippen molar-refractivity contribution < 1.29 is 19.5 Å². The number of anilines is 1. The van der Waals surface area contributed by atoms with Crippen LogP contribution in [-0.4, -0.2) is 17.0 Å². The number of nitrogens with zero attached hydrogens (tertiary/aromatic N) is 2. The first-order valence-corrected chi connectivity index (χ1v) is 8.41. The minimum Gasteiger partial charge on any atom is -0.508 e. The smallest absolute Gasteiger partial charge is 0.363 e. The summed E-state index contributed by atoms with van der Waals surface area (Å²) in [5, 5.41) is 16.9. The minimum atomic E-state index is -0.565. The lowest BCUT2D eigenvalue weighted by Gasteiger charge is -2.08. The maximum absolute atomic E-state index is 12.1. The molecule has 2 N–H and O–H groups in total. The molecule has 0 saturated carbocycles. The zero-order valence-electron chi connectivity index (χ0n) is 15.0. The second-order valence-electron chi connectivity index (χ2n) is 5.91. The fourth-order valence-electron chi connectivity index (χ4n) is 2.36. The summed E-state index contributed by atoms with van der Waals surface area (Å²) < 4.78 is 0. The highest BCUT2D eigenvalue weighted by Gasteiger charge is 2.10. The molecule has 0 saturated heterocycles.